The smallest absolute Gasteiger partial charge is 0.248 e. The van der Waals surface area contributed by atoms with Crippen molar-refractivity contribution in [3.8, 4) is 5.75 Å². The van der Waals surface area contributed by atoms with Gasteiger partial charge in [-0.05, 0) is 43.6 Å². The zero-order chi connectivity index (χ0) is 13.0. The Balaban J connectivity index is 2.28. The van der Waals surface area contributed by atoms with Gasteiger partial charge in [0.15, 0.2) is 0 Å². The highest BCUT2D eigenvalue weighted by atomic mass is 16.3. The van der Waals surface area contributed by atoms with Gasteiger partial charge >= 0.3 is 0 Å². The fourth-order valence-electron chi connectivity index (χ4n) is 2.04. The Kier molecular flexibility index (Phi) is 3.99. The van der Waals surface area contributed by atoms with E-state index in [9.17, 15) is 9.90 Å². The minimum Gasteiger partial charge on any atom is -0.506 e. The van der Waals surface area contributed by atoms with Crippen LogP contribution in [0.5, 0.6) is 5.75 Å². The van der Waals surface area contributed by atoms with Gasteiger partial charge in [-0.25, -0.2) is 0 Å². The summed E-state index contributed by atoms with van der Waals surface area (Å²) in [5.41, 5.74) is 1.46. The van der Waals surface area contributed by atoms with Gasteiger partial charge in [0, 0.05) is 11.5 Å². The average molecular weight is 246 g/mol. The second-order valence-electron chi connectivity index (χ2n) is 4.36. The highest BCUT2D eigenvalue weighted by Crippen LogP contribution is 2.24. The fourth-order valence-corrected chi connectivity index (χ4v) is 2.04. The van der Waals surface area contributed by atoms with E-state index in [2.05, 4.69) is 17.2 Å². The molecular weight excluding hydrogens is 228 g/mol. The number of aromatic amines is 1. The lowest BCUT2D eigenvalue weighted by atomic mass is 10.0. The van der Waals surface area contributed by atoms with Crippen molar-refractivity contribution in [2.45, 2.75) is 19.8 Å². The number of aromatic hydroxyl groups is 1. The van der Waals surface area contributed by atoms with Crippen LogP contribution in [0.2, 0.25) is 0 Å². The summed E-state index contributed by atoms with van der Waals surface area (Å²) in [5, 5.41) is 14.0. The standard InChI is InChI=1S/C14H18N2O2/c1-2-8-15-9-7-10-3-5-12(17)14-11(10)4-6-13(18)16-14/h3-6,15,17H,2,7-9H2,1H3,(H,16,18). The van der Waals surface area contributed by atoms with Crippen LogP contribution >= 0.6 is 0 Å². The zero-order valence-electron chi connectivity index (χ0n) is 10.5. The molecule has 1 aromatic heterocycles. The number of benzene rings is 1. The molecule has 0 aliphatic rings. The van der Waals surface area contributed by atoms with Crippen molar-refractivity contribution >= 4 is 10.9 Å². The van der Waals surface area contributed by atoms with Gasteiger partial charge in [0.1, 0.15) is 5.75 Å². The van der Waals surface area contributed by atoms with Crippen LogP contribution in [-0.4, -0.2) is 23.2 Å². The number of H-pyrrole nitrogens is 1. The second-order valence-corrected chi connectivity index (χ2v) is 4.36. The van der Waals surface area contributed by atoms with Crippen LogP contribution in [-0.2, 0) is 6.42 Å². The van der Waals surface area contributed by atoms with E-state index in [0.717, 1.165) is 36.9 Å². The van der Waals surface area contributed by atoms with Gasteiger partial charge in [-0.1, -0.05) is 13.0 Å². The third-order valence-corrected chi connectivity index (χ3v) is 2.96. The van der Waals surface area contributed by atoms with Crippen LogP contribution in [0.25, 0.3) is 10.9 Å². The van der Waals surface area contributed by atoms with Crippen LogP contribution in [0, 0.1) is 0 Å². The molecule has 1 aromatic carbocycles. The SMILES string of the molecule is CCCNCCc1ccc(O)c2[nH]c(=O)ccc12. The minimum absolute atomic E-state index is 0.118. The Morgan fingerprint density at radius 3 is 2.83 bits per heavy atom. The summed E-state index contributed by atoms with van der Waals surface area (Å²) in [7, 11) is 0. The van der Waals surface area contributed by atoms with Crippen molar-refractivity contribution in [1.29, 1.82) is 0 Å². The molecule has 4 nitrogen and oxygen atoms in total. The first kappa shape index (κ1) is 12.6. The highest BCUT2D eigenvalue weighted by Gasteiger charge is 2.05. The van der Waals surface area contributed by atoms with Crippen molar-refractivity contribution in [2.24, 2.45) is 0 Å². The quantitative estimate of drug-likeness (QED) is 0.704. The number of fused-ring (bicyclic) bond motifs is 1. The van der Waals surface area contributed by atoms with Crippen molar-refractivity contribution in [3.63, 3.8) is 0 Å². The maximum atomic E-state index is 11.3. The Morgan fingerprint density at radius 2 is 2.06 bits per heavy atom. The maximum absolute atomic E-state index is 11.3. The van der Waals surface area contributed by atoms with Crippen LogP contribution in [0.1, 0.15) is 18.9 Å². The first-order valence-electron chi connectivity index (χ1n) is 6.27. The number of aromatic nitrogens is 1. The van der Waals surface area contributed by atoms with E-state index in [-0.39, 0.29) is 11.3 Å². The average Bonchev–Trinajstić information content (AvgIpc) is 2.37. The van der Waals surface area contributed by atoms with Gasteiger partial charge in [-0.15, -0.1) is 0 Å². The number of phenolic OH excluding ortho intramolecular Hbond substituents is 1. The molecule has 1 heterocycles. The first-order valence-corrected chi connectivity index (χ1v) is 6.27. The number of pyridine rings is 1. The monoisotopic (exact) mass is 246 g/mol. The lowest BCUT2D eigenvalue weighted by Crippen LogP contribution is -2.18. The number of hydrogen-bond donors (Lipinski definition) is 3. The molecule has 0 radical (unpaired) electrons. The molecule has 0 spiro atoms. The lowest BCUT2D eigenvalue weighted by molar-refractivity contribution is 0.480. The largest absolute Gasteiger partial charge is 0.506 e. The molecule has 0 fully saturated rings. The Bertz CT molecular complexity index is 590. The zero-order valence-corrected chi connectivity index (χ0v) is 10.5. The molecular formula is C14H18N2O2. The topological polar surface area (TPSA) is 65.1 Å². The van der Waals surface area contributed by atoms with Gasteiger partial charge in [0.05, 0.1) is 5.52 Å². The molecule has 0 amide bonds. The molecule has 0 unspecified atom stereocenters. The fraction of sp³-hybridized carbons (Fsp3) is 0.357. The van der Waals surface area contributed by atoms with Crippen molar-refractivity contribution in [3.05, 3.63) is 40.2 Å². The molecule has 18 heavy (non-hydrogen) atoms. The number of phenols is 1. The molecule has 0 aliphatic heterocycles. The summed E-state index contributed by atoms with van der Waals surface area (Å²) >= 11 is 0. The Hall–Kier alpha value is -1.81. The highest BCUT2D eigenvalue weighted by molar-refractivity contribution is 5.87. The van der Waals surface area contributed by atoms with Gasteiger partial charge in [-0.2, -0.15) is 0 Å². The van der Waals surface area contributed by atoms with E-state index in [1.807, 2.05) is 6.07 Å². The van der Waals surface area contributed by atoms with Crippen LogP contribution in [0.3, 0.4) is 0 Å². The van der Waals surface area contributed by atoms with Crippen LogP contribution < -0.4 is 10.9 Å². The van der Waals surface area contributed by atoms with Crippen molar-refractivity contribution in [2.75, 3.05) is 13.1 Å². The third-order valence-electron chi connectivity index (χ3n) is 2.96. The molecule has 0 saturated heterocycles. The first-order chi connectivity index (χ1) is 8.72. The lowest BCUT2D eigenvalue weighted by Gasteiger charge is -2.08. The molecule has 0 atom stereocenters. The van der Waals surface area contributed by atoms with Gasteiger partial charge < -0.3 is 15.4 Å². The molecule has 4 heteroatoms. The third kappa shape index (κ3) is 2.71. The number of hydrogen-bond acceptors (Lipinski definition) is 3. The molecule has 2 rings (SSSR count). The molecule has 2 aromatic rings. The Labute approximate surface area is 106 Å². The predicted octanol–water partition coefficient (Wildman–Crippen LogP) is 1.78. The van der Waals surface area contributed by atoms with E-state index < -0.39 is 0 Å². The van der Waals surface area contributed by atoms with E-state index in [4.69, 9.17) is 0 Å². The summed E-state index contributed by atoms with van der Waals surface area (Å²) < 4.78 is 0. The van der Waals surface area contributed by atoms with Crippen LogP contribution in [0.4, 0.5) is 0 Å². The summed E-state index contributed by atoms with van der Waals surface area (Å²) in [6.07, 6.45) is 1.99. The van der Waals surface area contributed by atoms with Gasteiger partial charge in [0.25, 0.3) is 0 Å². The normalized spacial score (nSPS) is 10.9. The van der Waals surface area contributed by atoms with Crippen molar-refractivity contribution < 1.29 is 5.11 Å². The van der Waals surface area contributed by atoms with Crippen molar-refractivity contribution in [1.82, 2.24) is 10.3 Å². The maximum Gasteiger partial charge on any atom is 0.248 e. The molecule has 0 bridgehead atoms. The summed E-state index contributed by atoms with van der Waals surface area (Å²) in [6.45, 7) is 4.04. The minimum atomic E-state index is -0.195. The van der Waals surface area contributed by atoms with Crippen LogP contribution in [0.15, 0.2) is 29.1 Å². The molecule has 0 saturated carbocycles. The van der Waals surface area contributed by atoms with Gasteiger partial charge in [-0.3, -0.25) is 4.79 Å². The van der Waals surface area contributed by atoms with E-state index in [1.54, 1.807) is 12.1 Å². The predicted molar refractivity (Wildman–Crippen MR) is 73.1 cm³/mol. The van der Waals surface area contributed by atoms with Gasteiger partial charge in [0.2, 0.25) is 5.56 Å². The second kappa shape index (κ2) is 5.69. The Morgan fingerprint density at radius 1 is 1.22 bits per heavy atom. The summed E-state index contributed by atoms with van der Waals surface area (Å²) in [4.78, 5) is 13.9. The molecule has 0 aliphatic carbocycles. The number of rotatable bonds is 5. The van der Waals surface area contributed by atoms with E-state index in [1.165, 1.54) is 6.07 Å². The van der Waals surface area contributed by atoms with E-state index in [0.29, 0.717) is 5.52 Å². The molecule has 96 valence electrons. The number of nitrogens with one attached hydrogen (secondary N) is 2. The summed E-state index contributed by atoms with van der Waals surface area (Å²) in [5.74, 6) is 0.118. The summed E-state index contributed by atoms with van der Waals surface area (Å²) in [6, 6.07) is 6.80. The van der Waals surface area contributed by atoms with E-state index >= 15 is 0 Å². The molecule has 3 N–H and O–H groups in total.